The molecule has 7 heteroatoms. The van der Waals surface area contributed by atoms with Crippen LogP contribution in [0.2, 0.25) is 0 Å². The Morgan fingerprint density at radius 2 is 1.69 bits per heavy atom. The van der Waals surface area contributed by atoms with E-state index in [-0.39, 0.29) is 0 Å². The van der Waals surface area contributed by atoms with Crippen LogP contribution >= 0.6 is 11.3 Å². The Kier molecular flexibility index (Phi) is 5.78. The van der Waals surface area contributed by atoms with E-state index in [1.54, 1.807) is 32.7 Å². The van der Waals surface area contributed by atoms with Crippen LogP contribution in [0.5, 0.6) is 17.2 Å². The fourth-order valence-electron chi connectivity index (χ4n) is 3.84. The number of ether oxygens (including phenoxy) is 3. The normalized spacial score (nSPS) is 15.0. The van der Waals surface area contributed by atoms with Crippen LogP contribution in [0.15, 0.2) is 30.3 Å². The van der Waals surface area contributed by atoms with Gasteiger partial charge in [0.2, 0.25) is 5.75 Å². The van der Waals surface area contributed by atoms with Gasteiger partial charge in [-0.15, -0.1) is 0 Å². The number of aromatic nitrogens is 1. The van der Waals surface area contributed by atoms with Gasteiger partial charge < -0.3 is 19.1 Å². The lowest BCUT2D eigenvalue weighted by atomic mass is 10.1. The molecule has 0 amide bonds. The summed E-state index contributed by atoms with van der Waals surface area (Å²) in [6.07, 6.45) is 0. The molecule has 0 saturated carbocycles. The Bertz CT molecular complexity index is 996. The first kappa shape index (κ1) is 19.8. The van der Waals surface area contributed by atoms with Gasteiger partial charge in [0.1, 0.15) is 0 Å². The minimum absolute atomic E-state index is 0.649. The van der Waals surface area contributed by atoms with Crippen molar-refractivity contribution in [3.63, 3.8) is 0 Å². The van der Waals surface area contributed by atoms with Crippen LogP contribution in [0.4, 0.5) is 5.13 Å². The molecular formula is C22H27N3O3S. The maximum Gasteiger partial charge on any atom is 0.203 e. The number of hydrogen-bond donors (Lipinski definition) is 0. The van der Waals surface area contributed by atoms with Gasteiger partial charge in [-0.1, -0.05) is 29.5 Å². The number of para-hydroxylation sites is 1. The molecule has 0 atom stereocenters. The number of benzene rings is 2. The Hall–Kier alpha value is -2.51. The first-order valence-electron chi connectivity index (χ1n) is 9.76. The molecule has 0 unspecified atom stereocenters. The predicted molar refractivity (Wildman–Crippen MR) is 118 cm³/mol. The van der Waals surface area contributed by atoms with Crippen molar-refractivity contribution < 1.29 is 14.2 Å². The summed E-state index contributed by atoms with van der Waals surface area (Å²) in [4.78, 5) is 9.73. The monoisotopic (exact) mass is 413 g/mol. The first-order chi connectivity index (χ1) is 14.1. The fourth-order valence-corrected chi connectivity index (χ4v) is 4.93. The third-order valence-corrected chi connectivity index (χ3v) is 6.51. The number of rotatable bonds is 6. The lowest BCUT2D eigenvalue weighted by Gasteiger charge is -2.34. The van der Waals surface area contributed by atoms with E-state index in [4.69, 9.17) is 19.2 Å². The molecule has 1 fully saturated rings. The van der Waals surface area contributed by atoms with Crippen molar-refractivity contribution in [1.82, 2.24) is 9.88 Å². The molecule has 0 N–H and O–H groups in total. The minimum Gasteiger partial charge on any atom is -0.493 e. The number of hydrogen-bond acceptors (Lipinski definition) is 7. The molecule has 1 saturated heterocycles. The lowest BCUT2D eigenvalue weighted by molar-refractivity contribution is 0.243. The Labute approximate surface area is 175 Å². The molecule has 0 spiro atoms. The average Bonchev–Trinajstić information content (AvgIpc) is 3.19. The van der Waals surface area contributed by atoms with E-state index in [0.29, 0.717) is 11.5 Å². The minimum atomic E-state index is 0.649. The summed E-state index contributed by atoms with van der Waals surface area (Å²) in [5.74, 6) is 2.08. The molecule has 2 aromatic carbocycles. The van der Waals surface area contributed by atoms with Crippen molar-refractivity contribution in [2.24, 2.45) is 0 Å². The Morgan fingerprint density at radius 1 is 0.931 bits per heavy atom. The van der Waals surface area contributed by atoms with Crippen LogP contribution in [0.3, 0.4) is 0 Å². The number of thiazole rings is 1. The highest BCUT2D eigenvalue weighted by molar-refractivity contribution is 7.22. The highest BCUT2D eigenvalue weighted by atomic mass is 32.1. The number of piperazine rings is 1. The summed E-state index contributed by atoms with van der Waals surface area (Å²) < 4.78 is 17.8. The fraction of sp³-hybridized carbons (Fsp3) is 0.409. The average molecular weight is 414 g/mol. The van der Waals surface area contributed by atoms with Crippen molar-refractivity contribution >= 4 is 26.7 Å². The zero-order valence-corrected chi connectivity index (χ0v) is 18.2. The second-order valence-electron chi connectivity index (χ2n) is 7.17. The van der Waals surface area contributed by atoms with E-state index in [0.717, 1.165) is 54.7 Å². The van der Waals surface area contributed by atoms with Gasteiger partial charge in [-0.2, -0.15) is 0 Å². The third kappa shape index (κ3) is 3.84. The SMILES string of the molecule is COc1ccc(CN2CCN(c3nc4c(C)cccc4s3)CC2)c(OC)c1OC. The van der Waals surface area contributed by atoms with Crippen molar-refractivity contribution in [3.8, 4) is 17.2 Å². The van der Waals surface area contributed by atoms with E-state index < -0.39 is 0 Å². The van der Waals surface area contributed by atoms with Crippen LogP contribution in [-0.4, -0.2) is 57.4 Å². The number of nitrogens with zero attached hydrogens (tertiary/aromatic N) is 3. The van der Waals surface area contributed by atoms with Gasteiger partial charge in [0.15, 0.2) is 16.6 Å². The second kappa shape index (κ2) is 8.47. The molecule has 2 heterocycles. The third-order valence-electron chi connectivity index (χ3n) is 5.43. The second-order valence-corrected chi connectivity index (χ2v) is 8.18. The number of fused-ring (bicyclic) bond motifs is 1. The van der Waals surface area contributed by atoms with Crippen LogP contribution < -0.4 is 19.1 Å². The van der Waals surface area contributed by atoms with Crippen molar-refractivity contribution in [2.45, 2.75) is 13.5 Å². The summed E-state index contributed by atoms with van der Waals surface area (Å²) in [7, 11) is 4.95. The molecule has 4 rings (SSSR count). The van der Waals surface area contributed by atoms with Gasteiger partial charge in [-0.25, -0.2) is 4.98 Å². The standard InChI is InChI=1S/C22H27N3O3S/c1-15-6-5-7-18-19(15)23-22(29-18)25-12-10-24(11-13-25)14-16-8-9-17(26-2)21(28-4)20(16)27-3/h5-9H,10-14H2,1-4H3. The largest absolute Gasteiger partial charge is 0.493 e. The molecule has 1 aromatic heterocycles. The zero-order chi connectivity index (χ0) is 20.4. The lowest BCUT2D eigenvalue weighted by Crippen LogP contribution is -2.46. The summed E-state index contributed by atoms with van der Waals surface area (Å²) >= 11 is 1.78. The molecule has 0 aliphatic carbocycles. The summed E-state index contributed by atoms with van der Waals surface area (Å²) in [6, 6.07) is 10.4. The van der Waals surface area contributed by atoms with Crippen LogP contribution in [0.1, 0.15) is 11.1 Å². The smallest absolute Gasteiger partial charge is 0.203 e. The number of methoxy groups -OCH3 is 3. The molecule has 0 radical (unpaired) electrons. The Balaban J connectivity index is 1.45. The number of aryl methyl sites for hydroxylation is 1. The van der Waals surface area contributed by atoms with Crippen LogP contribution in [0.25, 0.3) is 10.2 Å². The van der Waals surface area contributed by atoms with E-state index in [1.807, 2.05) is 6.07 Å². The molecule has 1 aliphatic rings. The van der Waals surface area contributed by atoms with Gasteiger partial charge >= 0.3 is 0 Å². The zero-order valence-electron chi connectivity index (χ0n) is 17.4. The highest BCUT2D eigenvalue weighted by Gasteiger charge is 2.23. The summed E-state index contributed by atoms with van der Waals surface area (Å²) in [5, 5.41) is 1.12. The Morgan fingerprint density at radius 3 is 2.34 bits per heavy atom. The predicted octanol–water partition coefficient (Wildman–Crippen LogP) is 3.95. The number of anilines is 1. The van der Waals surface area contributed by atoms with Gasteiger partial charge in [0.05, 0.1) is 31.5 Å². The van der Waals surface area contributed by atoms with E-state index in [9.17, 15) is 0 Å². The van der Waals surface area contributed by atoms with E-state index >= 15 is 0 Å². The summed E-state index contributed by atoms with van der Waals surface area (Å²) in [5.41, 5.74) is 3.48. The maximum absolute atomic E-state index is 5.64. The topological polar surface area (TPSA) is 47.1 Å². The molecule has 6 nitrogen and oxygen atoms in total. The van der Waals surface area contributed by atoms with Gasteiger partial charge in [0, 0.05) is 38.3 Å². The molecule has 29 heavy (non-hydrogen) atoms. The van der Waals surface area contributed by atoms with Crippen molar-refractivity contribution in [2.75, 3.05) is 52.4 Å². The van der Waals surface area contributed by atoms with Gasteiger partial charge in [-0.05, 0) is 24.6 Å². The van der Waals surface area contributed by atoms with Crippen LogP contribution in [-0.2, 0) is 6.54 Å². The maximum atomic E-state index is 5.64. The van der Waals surface area contributed by atoms with Gasteiger partial charge in [-0.3, -0.25) is 4.90 Å². The molecular weight excluding hydrogens is 386 g/mol. The quantitative estimate of drug-likeness (QED) is 0.610. The van der Waals surface area contributed by atoms with E-state index in [1.165, 1.54) is 10.3 Å². The summed E-state index contributed by atoms with van der Waals surface area (Å²) in [6.45, 7) is 6.83. The van der Waals surface area contributed by atoms with Crippen molar-refractivity contribution in [3.05, 3.63) is 41.5 Å². The first-order valence-corrected chi connectivity index (χ1v) is 10.6. The van der Waals surface area contributed by atoms with E-state index in [2.05, 4.69) is 41.0 Å². The molecule has 3 aromatic rings. The van der Waals surface area contributed by atoms with Crippen molar-refractivity contribution in [1.29, 1.82) is 0 Å². The molecule has 154 valence electrons. The molecule has 1 aliphatic heterocycles. The van der Waals surface area contributed by atoms with Crippen LogP contribution in [0, 0.1) is 6.92 Å². The highest BCUT2D eigenvalue weighted by Crippen LogP contribution is 2.40. The molecule has 0 bridgehead atoms. The van der Waals surface area contributed by atoms with Gasteiger partial charge in [0.25, 0.3) is 0 Å².